The van der Waals surface area contributed by atoms with Gasteiger partial charge in [0.1, 0.15) is 6.29 Å². The van der Waals surface area contributed by atoms with Crippen molar-refractivity contribution in [2.45, 2.75) is 31.7 Å². The van der Waals surface area contributed by atoms with E-state index in [0.717, 1.165) is 11.3 Å². The summed E-state index contributed by atoms with van der Waals surface area (Å²) >= 11 is 0. The van der Waals surface area contributed by atoms with E-state index in [4.69, 9.17) is 25.7 Å². The first-order chi connectivity index (χ1) is 18.4. The van der Waals surface area contributed by atoms with Gasteiger partial charge in [-0.1, -0.05) is 6.07 Å². The Morgan fingerprint density at radius 3 is 2.26 bits per heavy atom. The minimum Gasteiger partial charge on any atom is -0.379 e. The van der Waals surface area contributed by atoms with Gasteiger partial charge in [0.2, 0.25) is 11.8 Å². The average molecular weight is 536 g/mol. The molecule has 210 valence electrons. The smallest absolute Gasteiger partial charge is 0.264 e. The number of aldehydes is 1. The molecule has 0 saturated carbocycles. The Kier molecular flexibility index (Phi) is 13.9. The fraction of sp³-hybridized carbons (Fsp3) is 0.560. The number of nitrogens with zero attached hydrogens (tertiary/aromatic N) is 1. The second-order valence-electron chi connectivity index (χ2n) is 8.45. The van der Waals surface area contributed by atoms with Gasteiger partial charge in [-0.25, -0.2) is 0 Å². The van der Waals surface area contributed by atoms with E-state index in [1.807, 2.05) is 0 Å². The highest BCUT2D eigenvalue weighted by Gasteiger charge is 2.41. The van der Waals surface area contributed by atoms with Crippen LogP contribution in [-0.4, -0.2) is 100 Å². The molecule has 0 aliphatic carbocycles. The Morgan fingerprint density at radius 2 is 1.63 bits per heavy atom. The molecule has 2 rings (SSSR count). The highest BCUT2D eigenvalue weighted by Crippen LogP contribution is 2.31. The van der Waals surface area contributed by atoms with Gasteiger partial charge in [0.05, 0.1) is 50.1 Å². The molecule has 13 nitrogen and oxygen atoms in total. The maximum atomic E-state index is 13.0. The summed E-state index contributed by atoms with van der Waals surface area (Å²) < 4.78 is 16.2. The molecule has 0 bridgehead atoms. The monoisotopic (exact) mass is 535 g/mol. The molecule has 1 aliphatic heterocycles. The molecule has 6 N–H and O–H groups in total. The third kappa shape index (κ3) is 9.82. The second kappa shape index (κ2) is 17.2. The molecular weight excluding hydrogens is 498 g/mol. The molecule has 0 fully saturated rings. The predicted molar refractivity (Wildman–Crippen MR) is 137 cm³/mol. The molecule has 1 unspecified atom stereocenters. The number of rotatable bonds is 21. The first-order valence-corrected chi connectivity index (χ1v) is 12.6. The Labute approximate surface area is 221 Å². The normalized spacial score (nSPS) is 13.3. The van der Waals surface area contributed by atoms with Gasteiger partial charge in [0.15, 0.2) is 0 Å². The maximum absolute atomic E-state index is 13.0. The van der Waals surface area contributed by atoms with E-state index in [9.17, 15) is 24.0 Å². The van der Waals surface area contributed by atoms with Crippen molar-refractivity contribution in [1.82, 2.24) is 10.2 Å². The van der Waals surface area contributed by atoms with Crippen LogP contribution in [0.3, 0.4) is 0 Å². The lowest BCUT2D eigenvalue weighted by Crippen LogP contribution is -2.41. The lowest BCUT2D eigenvalue weighted by Gasteiger charge is -2.20. The highest BCUT2D eigenvalue weighted by atomic mass is 16.5. The number of nitrogens with one attached hydrogen (secondary N) is 2. The quantitative estimate of drug-likeness (QED) is 0.0900. The van der Waals surface area contributed by atoms with Gasteiger partial charge < -0.3 is 41.1 Å². The van der Waals surface area contributed by atoms with Crippen LogP contribution in [0.1, 0.15) is 46.4 Å². The summed E-state index contributed by atoms with van der Waals surface area (Å²) in [5, 5.41) is 5.63. The van der Waals surface area contributed by atoms with E-state index in [1.54, 1.807) is 12.1 Å². The first-order valence-electron chi connectivity index (χ1n) is 12.6. The average Bonchev–Trinajstić information content (AvgIpc) is 3.16. The molecule has 1 aromatic rings. The molecule has 0 radical (unpaired) electrons. The summed E-state index contributed by atoms with van der Waals surface area (Å²) in [6.45, 7) is 3.86. The number of fused-ring (bicyclic) bond motifs is 1. The zero-order valence-corrected chi connectivity index (χ0v) is 21.4. The van der Waals surface area contributed by atoms with Crippen molar-refractivity contribution < 1.29 is 38.2 Å². The van der Waals surface area contributed by atoms with E-state index < -0.39 is 23.8 Å². The summed E-state index contributed by atoms with van der Waals surface area (Å²) in [5.41, 5.74) is 11.0. The van der Waals surface area contributed by atoms with Gasteiger partial charge in [-0.05, 0) is 37.9 Å². The van der Waals surface area contributed by atoms with Crippen molar-refractivity contribution in [3.8, 4) is 0 Å². The number of amides is 4. The Balaban J connectivity index is 1.69. The van der Waals surface area contributed by atoms with E-state index in [2.05, 4.69) is 10.6 Å². The molecule has 1 aromatic carbocycles. The summed E-state index contributed by atoms with van der Waals surface area (Å²) in [4.78, 5) is 61.4. The molecule has 0 aromatic heterocycles. The molecule has 4 amide bonds. The van der Waals surface area contributed by atoms with Crippen LogP contribution in [0.2, 0.25) is 0 Å². The SMILES string of the molecule is NCCCOCCOCCOCCCNC(=O)CNc1cccc2c1C(=O)N(C(C=O)CCC(N)=O)C2=O. The molecule has 0 spiro atoms. The fourth-order valence-electron chi connectivity index (χ4n) is 3.67. The van der Waals surface area contributed by atoms with E-state index in [-0.39, 0.29) is 36.4 Å². The molecule has 38 heavy (non-hydrogen) atoms. The summed E-state index contributed by atoms with van der Waals surface area (Å²) in [5.74, 6) is -2.25. The number of hydrogen-bond donors (Lipinski definition) is 4. The number of nitrogens with two attached hydrogens (primary N) is 2. The van der Waals surface area contributed by atoms with E-state index in [1.165, 1.54) is 6.07 Å². The number of benzene rings is 1. The topological polar surface area (TPSA) is 192 Å². The standard InChI is InChI=1S/C25H37N5O8/c26-8-2-10-36-12-14-38-15-13-37-11-3-9-28-22(33)16-29-20-5-1-4-19-23(20)25(35)30(24(19)34)18(17-31)6-7-21(27)32/h1,4-5,17-18,29H,2-3,6-16,26H2,(H2,27,32)(H,28,33). The van der Waals surface area contributed by atoms with Crippen molar-refractivity contribution in [2.24, 2.45) is 11.5 Å². The minimum atomic E-state index is -1.11. The van der Waals surface area contributed by atoms with Crippen LogP contribution in [0.15, 0.2) is 18.2 Å². The Hall–Kier alpha value is -3.39. The van der Waals surface area contributed by atoms with Crippen molar-refractivity contribution in [3.63, 3.8) is 0 Å². The second-order valence-corrected chi connectivity index (χ2v) is 8.45. The van der Waals surface area contributed by atoms with Gasteiger partial charge in [-0.15, -0.1) is 0 Å². The number of ether oxygens (including phenoxy) is 3. The van der Waals surface area contributed by atoms with Gasteiger partial charge in [0, 0.05) is 31.9 Å². The van der Waals surface area contributed by atoms with Gasteiger partial charge in [-0.2, -0.15) is 0 Å². The van der Waals surface area contributed by atoms with Gasteiger partial charge in [-0.3, -0.25) is 24.1 Å². The highest BCUT2D eigenvalue weighted by molar-refractivity contribution is 6.24. The predicted octanol–water partition coefficient (Wildman–Crippen LogP) is -0.568. The molecule has 1 heterocycles. The molecule has 13 heteroatoms. The van der Waals surface area contributed by atoms with Gasteiger partial charge >= 0.3 is 0 Å². The maximum Gasteiger partial charge on any atom is 0.264 e. The third-order valence-corrected chi connectivity index (χ3v) is 5.59. The lowest BCUT2D eigenvalue weighted by molar-refractivity contribution is -0.120. The molecule has 1 atom stereocenters. The van der Waals surface area contributed by atoms with Crippen molar-refractivity contribution >= 4 is 35.6 Å². The fourth-order valence-corrected chi connectivity index (χ4v) is 3.67. The van der Waals surface area contributed by atoms with Crippen molar-refractivity contribution in [3.05, 3.63) is 29.3 Å². The van der Waals surface area contributed by atoms with E-state index in [0.29, 0.717) is 71.1 Å². The minimum absolute atomic E-state index is 0.0587. The van der Waals surface area contributed by atoms with Crippen LogP contribution in [0.25, 0.3) is 0 Å². The van der Waals surface area contributed by atoms with Crippen molar-refractivity contribution in [2.75, 3.05) is 64.6 Å². The molecule has 0 saturated heterocycles. The number of anilines is 1. The van der Waals surface area contributed by atoms with Crippen LogP contribution in [0.4, 0.5) is 5.69 Å². The zero-order valence-electron chi connectivity index (χ0n) is 21.4. The zero-order chi connectivity index (χ0) is 27.8. The number of imide groups is 1. The number of hydrogen-bond acceptors (Lipinski definition) is 10. The Morgan fingerprint density at radius 1 is 0.974 bits per heavy atom. The van der Waals surface area contributed by atoms with Crippen molar-refractivity contribution in [1.29, 1.82) is 0 Å². The third-order valence-electron chi connectivity index (χ3n) is 5.59. The van der Waals surface area contributed by atoms with Crippen LogP contribution in [0.5, 0.6) is 0 Å². The number of carbonyl (C=O) groups is 5. The summed E-state index contributed by atoms with van der Waals surface area (Å²) in [7, 11) is 0. The van der Waals surface area contributed by atoms with Crippen LogP contribution < -0.4 is 22.1 Å². The first kappa shape index (κ1) is 30.8. The Bertz CT molecular complexity index is 958. The van der Waals surface area contributed by atoms with Crippen LogP contribution in [-0.2, 0) is 28.6 Å². The molecular formula is C25H37N5O8. The summed E-state index contributed by atoms with van der Waals surface area (Å²) in [6.07, 6.45) is 1.67. The lowest BCUT2D eigenvalue weighted by atomic mass is 10.1. The summed E-state index contributed by atoms with van der Waals surface area (Å²) in [6, 6.07) is 3.50. The van der Waals surface area contributed by atoms with Crippen LogP contribution in [0, 0.1) is 0 Å². The number of primary amides is 1. The van der Waals surface area contributed by atoms with Crippen LogP contribution >= 0.6 is 0 Å². The number of carbonyl (C=O) groups excluding carboxylic acids is 5. The van der Waals surface area contributed by atoms with E-state index >= 15 is 0 Å². The molecule has 1 aliphatic rings. The van der Waals surface area contributed by atoms with Gasteiger partial charge in [0.25, 0.3) is 11.8 Å². The largest absolute Gasteiger partial charge is 0.379 e.